The second-order valence-corrected chi connectivity index (χ2v) is 4.44. The Morgan fingerprint density at radius 2 is 2.25 bits per heavy atom. The lowest BCUT2D eigenvalue weighted by molar-refractivity contribution is 0.0860. The van der Waals surface area contributed by atoms with Gasteiger partial charge in [0.25, 0.3) is 5.91 Å². The maximum absolute atomic E-state index is 11.9. The Labute approximate surface area is 95.3 Å². The number of hydrogen-bond acceptors (Lipinski definition) is 3. The molecule has 5 heteroatoms. The fourth-order valence-corrected chi connectivity index (χ4v) is 1.40. The molecule has 5 nitrogen and oxygen atoms in total. The summed E-state index contributed by atoms with van der Waals surface area (Å²) in [7, 11) is 0. The summed E-state index contributed by atoms with van der Waals surface area (Å²) in [4.78, 5) is 11.9. The SMILES string of the molecule is CCn1cc(N)cc1C(=O)NC(C)(C)CO. The predicted molar refractivity (Wildman–Crippen MR) is 63.1 cm³/mol. The molecule has 0 aliphatic carbocycles. The number of amides is 1. The molecule has 0 radical (unpaired) electrons. The number of nitrogens with two attached hydrogens (primary N) is 1. The van der Waals surface area contributed by atoms with Gasteiger partial charge < -0.3 is 20.7 Å². The largest absolute Gasteiger partial charge is 0.397 e. The Morgan fingerprint density at radius 1 is 1.62 bits per heavy atom. The van der Waals surface area contributed by atoms with Gasteiger partial charge in [-0.05, 0) is 26.8 Å². The van der Waals surface area contributed by atoms with E-state index in [1.54, 1.807) is 30.7 Å². The Morgan fingerprint density at radius 3 is 2.75 bits per heavy atom. The molecule has 1 amide bonds. The van der Waals surface area contributed by atoms with E-state index in [0.29, 0.717) is 17.9 Å². The van der Waals surface area contributed by atoms with Crippen LogP contribution in [0.15, 0.2) is 12.3 Å². The van der Waals surface area contributed by atoms with Crippen molar-refractivity contribution in [2.75, 3.05) is 12.3 Å². The van der Waals surface area contributed by atoms with Crippen molar-refractivity contribution in [1.29, 1.82) is 0 Å². The molecule has 90 valence electrons. The predicted octanol–water partition coefficient (Wildman–Crippen LogP) is 0.591. The van der Waals surface area contributed by atoms with Crippen molar-refractivity contribution >= 4 is 11.6 Å². The lowest BCUT2D eigenvalue weighted by Gasteiger charge is -2.23. The van der Waals surface area contributed by atoms with Crippen molar-refractivity contribution in [1.82, 2.24) is 9.88 Å². The third-order valence-electron chi connectivity index (χ3n) is 2.34. The maximum atomic E-state index is 11.9. The van der Waals surface area contributed by atoms with E-state index >= 15 is 0 Å². The first-order valence-electron chi connectivity index (χ1n) is 5.28. The van der Waals surface area contributed by atoms with Crippen LogP contribution in [0.2, 0.25) is 0 Å². The molecule has 0 fully saturated rings. The first-order chi connectivity index (χ1) is 7.39. The minimum atomic E-state index is -0.630. The number of nitrogens with one attached hydrogen (secondary N) is 1. The quantitative estimate of drug-likeness (QED) is 0.701. The monoisotopic (exact) mass is 225 g/mol. The van der Waals surface area contributed by atoms with Crippen molar-refractivity contribution in [3.8, 4) is 0 Å². The Balaban J connectivity index is 2.88. The topological polar surface area (TPSA) is 80.3 Å². The summed E-state index contributed by atoms with van der Waals surface area (Å²) in [5.41, 5.74) is 6.09. The van der Waals surface area contributed by atoms with Gasteiger partial charge >= 0.3 is 0 Å². The van der Waals surface area contributed by atoms with Gasteiger partial charge in [0.1, 0.15) is 5.69 Å². The molecule has 0 aliphatic rings. The lowest BCUT2D eigenvalue weighted by Crippen LogP contribution is -2.46. The third kappa shape index (κ3) is 2.76. The number of aromatic nitrogens is 1. The maximum Gasteiger partial charge on any atom is 0.268 e. The Kier molecular flexibility index (Phi) is 3.59. The first kappa shape index (κ1) is 12.6. The fourth-order valence-electron chi connectivity index (χ4n) is 1.40. The highest BCUT2D eigenvalue weighted by Gasteiger charge is 2.21. The van der Waals surface area contributed by atoms with Crippen LogP contribution >= 0.6 is 0 Å². The molecule has 0 spiro atoms. The van der Waals surface area contributed by atoms with Gasteiger partial charge in [-0.15, -0.1) is 0 Å². The van der Waals surface area contributed by atoms with Gasteiger partial charge in [0.15, 0.2) is 0 Å². The van der Waals surface area contributed by atoms with Gasteiger partial charge in [-0.1, -0.05) is 0 Å². The standard InChI is InChI=1S/C11H19N3O2/c1-4-14-6-8(12)5-9(14)10(16)13-11(2,3)7-15/h5-6,15H,4,7,12H2,1-3H3,(H,13,16). The van der Waals surface area contributed by atoms with Gasteiger partial charge in [-0.25, -0.2) is 0 Å². The molecular weight excluding hydrogens is 206 g/mol. The van der Waals surface area contributed by atoms with Crippen LogP contribution in [0.1, 0.15) is 31.3 Å². The Hall–Kier alpha value is -1.49. The van der Waals surface area contributed by atoms with E-state index in [-0.39, 0.29) is 12.5 Å². The van der Waals surface area contributed by atoms with E-state index < -0.39 is 5.54 Å². The molecule has 1 aromatic rings. The highest BCUT2D eigenvalue weighted by atomic mass is 16.3. The smallest absolute Gasteiger partial charge is 0.268 e. The zero-order valence-electron chi connectivity index (χ0n) is 9.95. The number of aliphatic hydroxyl groups is 1. The fraction of sp³-hybridized carbons (Fsp3) is 0.545. The van der Waals surface area contributed by atoms with Crippen LogP contribution in [-0.4, -0.2) is 27.7 Å². The zero-order chi connectivity index (χ0) is 12.3. The molecule has 1 rings (SSSR count). The number of aliphatic hydroxyl groups excluding tert-OH is 1. The summed E-state index contributed by atoms with van der Waals surface area (Å²) in [6, 6.07) is 1.63. The molecular formula is C11H19N3O2. The molecule has 1 aromatic heterocycles. The van der Waals surface area contributed by atoms with Crippen LogP contribution in [0.4, 0.5) is 5.69 Å². The van der Waals surface area contributed by atoms with Crippen LogP contribution in [0.3, 0.4) is 0 Å². The highest BCUT2D eigenvalue weighted by Crippen LogP contribution is 2.12. The van der Waals surface area contributed by atoms with Crippen LogP contribution in [0.25, 0.3) is 0 Å². The summed E-state index contributed by atoms with van der Waals surface area (Å²) < 4.78 is 1.78. The van der Waals surface area contributed by atoms with E-state index in [2.05, 4.69) is 5.32 Å². The normalized spacial score (nSPS) is 11.5. The zero-order valence-corrected chi connectivity index (χ0v) is 9.95. The molecule has 0 aliphatic heterocycles. The number of carbonyl (C=O) groups is 1. The molecule has 16 heavy (non-hydrogen) atoms. The van der Waals surface area contributed by atoms with Gasteiger partial charge in [0.2, 0.25) is 0 Å². The number of nitrogen functional groups attached to an aromatic ring is 1. The van der Waals surface area contributed by atoms with Crippen LogP contribution in [0, 0.1) is 0 Å². The highest BCUT2D eigenvalue weighted by molar-refractivity contribution is 5.94. The number of nitrogens with zero attached hydrogens (tertiary/aromatic N) is 1. The first-order valence-corrected chi connectivity index (χ1v) is 5.28. The molecule has 0 atom stereocenters. The van der Waals surface area contributed by atoms with E-state index in [1.807, 2.05) is 6.92 Å². The third-order valence-corrected chi connectivity index (χ3v) is 2.34. The van der Waals surface area contributed by atoms with Crippen molar-refractivity contribution in [2.24, 2.45) is 0 Å². The second kappa shape index (κ2) is 4.57. The minimum absolute atomic E-state index is 0.110. The minimum Gasteiger partial charge on any atom is -0.397 e. The Bertz CT molecular complexity index is 383. The molecule has 0 saturated carbocycles. The van der Waals surface area contributed by atoms with Crippen molar-refractivity contribution < 1.29 is 9.90 Å². The van der Waals surface area contributed by atoms with Gasteiger partial charge in [-0.3, -0.25) is 4.79 Å². The summed E-state index contributed by atoms with van der Waals surface area (Å²) in [5, 5.41) is 11.8. The van der Waals surface area contributed by atoms with Crippen LogP contribution in [-0.2, 0) is 6.54 Å². The van der Waals surface area contributed by atoms with Gasteiger partial charge in [-0.2, -0.15) is 0 Å². The summed E-state index contributed by atoms with van der Waals surface area (Å²) >= 11 is 0. The molecule has 4 N–H and O–H groups in total. The lowest BCUT2D eigenvalue weighted by atomic mass is 10.1. The summed E-state index contributed by atoms with van der Waals surface area (Å²) in [6.45, 7) is 6.02. The molecule has 0 saturated heterocycles. The number of anilines is 1. The molecule has 1 heterocycles. The van der Waals surface area contributed by atoms with Crippen molar-refractivity contribution in [3.63, 3.8) is 0 Å². The van der Waals surface area contributed by atoms with Gasteiger partial charge in [0.05, 0.1) is 17.8 Å². The second-order valence-electron chi connectivity index (χ2n) is 4.44. The number of hydrogen-bond donors (Lipinski definition) is 3. The number of rotatable bonds is 4. The van der Waals surface area contributed by atoms with Gasteiger partial charge in [0, 0.05) is 12.7 Å². The average Bonchev–Trinajstić information content (AvgIpc) is 2.59. The summed E-state index contributed by atoms with van der Waals surface area (Å²) in [5.74, 6) is -0.224. The van der Waals surface area contributed by atoms with Crippen molar-refractivity contribution in [2.45, 2.75) is 32.9 Å². The number of aryl methyl sites for hydroxylation is 1. The van der Waals surface area contributed by atoms with E-state index in [4.69, 9.17) is 10.8 Å². The molecule has 0 bridgehead atoms. The molecule has 0 unspecified atom stereocenters. The van der Waals surface area contributed by atoms with Crippen LogP contribution < -0.4 is 11.1 Å². The average molecular weight is 225 g/mol. The van der Waals surface area contributed by atoms with E-state index in [0.717, 1.165) is 0 Å². The van der Waals surface area contributed by atoms with E-state index in [1.165, 1.54) is 0 Å². The number of carbonyl (C=O) groups excluding carboxylic acids is 1. The van der Waals surface area contributed by atoms with E-state index in [9.17, 15) is 4.79 Å². The summed E-state index contributed by atoms with van der Waals surface area (Å²) in [6.07, 6.45) is 1.72. The molecule has 0 aromatic carbocycles. The van der Waals surface area contributed by atoms with Crippen LogP contribution in [0.5, 0.6) is 0 Å². The van der Waals surface area contributed by atoms with Crippen molar-refractivity contribution in [3.05, 3.63) is 18.0 Å².